The molecule has 2 rings (SSSR count). The lowest BCUT2D eigenvalue weighted by Gasteiger charge is -2.20. The summed E-state index contributed by atoms with van der Waals surface area (Å²) >= 11 is 0. The molecule has 0 saturated heterocycles. The summed E-state index contributed by atoms with van der Waals surface area (Å²) in [6.45, 7) is 5.39. The van der Waals surface area contributed by atoms with Crippen LogP contribution in [-0.4, -0.2) is 28.0 Å². The Morgan fingerprint density at radius 3 is 2.93 bits per heavy atom. The minimum atomic E-state index is 0.572. The van der Waals surface area contributed by atoms with Crippen molar-refractivity contribution in [2.24, 2.45) is 0 Å². The fraction of sp³-hybridized carbons (Fsp3) is 0.417. The van der Waals surface area contributed by atoms with Crippen LogP contribution >= 0.6 is 0 Å². The van der Waals surface area contributed by atoms with Gasteiger partial charge in [-0.05, 0) is 38.6 Å². The van der Waals surface area contributed by atoms with E-state index < -0.39 is 0 Å². The Kier molecular flexibility index (Phi) is 2.73. The molecular formula is C12H17N3. The molecule has 1 N–H and O–H groups in total. The second-order valence-corrected chi connectivity index (χ2v) is 4.26. The lowest BCUT2D eigenvalue weighted by Crippen LogP contribution is -2.25. The third-order valence-electron chi connectivity index (χ3n) is 2.80. The number of aromatic nitrogens is 2. The molecule has 3 heteroatoms. The molecule has 0 spiro atoms. The average Bonchev–Trinajstić information content (AvgIpc) is 2.64. The van der Waals surface area contributed by atoms with Crippen LogP contribution in [0.2, 0.25) is 0 Å². The van der Waals surface area contributed by atoms with Gasteiger partial charge in [-0.1, -0.05) is 6.07 Å². The maximum absolute atomic E-state index is 4.20. The molecule has 0 saturated carbocycles. The summed E-state index contributed by atoms with van der Waals surface area (Å²) in [5.74, 6) is 0. The van der Waals surface area contributed by atoms with Crippen molar-refractivity contribution in [3.63, 3.8) is 0 Å². The Hall–Kier alpha value is -1.35. The van der Waals surface area contributed by atoms with Gasteiger partial charge < -0.3 is 4.98 Å². The van der Waals surface area contributed by atoms with Crippen molar-refractivity contribution in [3.8, 4) is 0 Å². The van der Waals surface area contributed by atoms with Gasteiger partial charge in [0, 0.05) is 12.6 Å². The number of benzene rings is 1. The molecule has 0 radical (unpaired) electrons. The SMILES string of the molecule is CC(C)N(C)Cc1ccc2nc[nH]c2c1. The van der Waals surface area contributed by atoms with Gasteiger partial charge in [-0.2, -0.15) is 0 Å². The van der Waals surface area contributed by atoms with Crippen LogP contribution < -0.4 is 0 Å². The summed E-state index contributed by atoms with van der Waals surface area (Å²) in [6.07, 6.45) is 1.74. The van der Waals surface area contributed by atoms with Crippen molar-refractivity contribution in [3.05, 3.63) is 30.1 Å². The number of nitrogens with zero attached hydrogens (tertiary/aromatic N) is 2. The molecule has 1 aromatic heterocycles. The second-order valence-electron chi connectivity index (χ2n) is 4.26. The third kappa shape index (κ3) is 2.18. The number of nitrogens with one attached hydrogen (secondary N) is 1. The van der Waals surface area contributed by atoms with Crippen LogP contribution in [0.5, 0.6) is 0 Å². The van der Waals surface area contributed by atoms with Gasteiger partial charge in [0.1, 0.15) is 0 Å². The van der Waals surface area contributed by atoms with Crippen LogP contribution in [0.25, 0.3) is 11.0 Å². The molecule has 80 valence electrons. The van der Waals surface area contributed by atoms with Crippen LogP contribution in [0.1, 0.15) is 19.4 Å². The summed E-state index contributed by atoms with van der Waals surface area (Å²) in [7, 11) is 2.14. The van der Waals surface area contributed by atoms with E-state index >= 15 is 0 Å². The Labute approximate surface area is 90.1 Å². The Balaban J connectivity index is 2.21. The van der Waals surface area contributed by atoms with Crippen molar-refractivity contribution in [1.82, 2.24) is 14.9 Å². The normalized spacial score (nSPS) is 11.8. The van der Waals surface area contributed by atoms with Crippen molar-refractivity contribution >= 4 is 11.0 Å². The highest BCUT2D eigenvalue weighted by molar-refractivity contribution is 5.74. The van der Waals surface area contributed by atoms with Gasteiger partial charge in [-0.3, -0.25) is 4.90 Å². The molecule has 1 heterocycles. The topological polar surface area (TPSA) is 31.9 Å². The second kappa shape index (κ2) is 4.03. The van der Waals surface area contributed by atoms with E-state index in [0.29, 0.717) is 6.04 Å². The van der Waals surface area contributed by atoms with E-state index in [0.717, 1.165) is 17.6 Å². The van der Waals surface area contributed by atoms with Crippen molar-refractivity contribution in [2.45, 2.75) is 26.4 Å². The fourth-order valence-electron chi connectivity index (χ4n) is 1.55. The minimum absolute atomic E-state index is 0.572. The van der Waals surface area contributed by atoms with E-state index in [1.807, 2.05) is 0 Å². The third-order valence-corrected chi connectivity index (χ3v) is 2.80. The first kappa shape index (κ1) is 10.2. The van der Waals surface area contributed by atoms with Crippen LogP contribution in [0.4, 0.5) is 0 Å². The molecule has 1 aromatic carbocycles. The first-order valence-corrected chi connectivity index (χ1v) is 5.29. The first-order chi connectivity index (χ1) is 7.16. The molecule has 2 aromatic rings. The number of hydrogen-bond donors (Lipinski definition) is 1. The van der Waals surface area contributed by atoms with E-state index in [4.69, 9.17) is 0 Å². The summed E-state index contributed by atoms with van der Waals surface area (Å²) in [5, 5.41) is 0. The largest absolute Gasteiger partial charge is 0.345 e. The lowest BCUT2D eigenvalue weighted by molar-refractivity contribution is 0.266. The molecule has 0 amide bonds. The maximum Gasteiger partial charge on any atom is 0.0931 e. The standard InChI is InChI=1S/C12H17N3/c1-9(2)15(3)7-10-4-5-11-12(6-10)14-8-13-11/h4-6,8-9H,7H2,1-3H3,(H,13,14). The van der Waals surface area contributed by atoms with Crippen LogP contribution in [0.3, 0.4) is 0 Å². The van der Waals surface area contributed by atoms with Gasteiger partial charge in [0.25, 0.3) is 0 Å². The number of imidazole rings is 1. The van der Waals surface area contributed by atoms with E-state index in [1.54, 1.807) is 6.33 Å². The smallest absolute Gasteiger partial charge is 0.0931 e. The number of rotatable bonds is 3. The molecule has 0 aliphatic rings. The van der Waals surface area contributed by atoms with Gasteiger partial charge in [0.05, 0.1) is 17.4 Å². The van der Waals surface area contributed by atoms with E-state index in [-0.39, 0.29) is 0 Å². The molecule has 0 unspecified atom stereocenters. The molecule has 3 nitrogen and oxygen atoms in total. The highest BCUT2D eigenvalue weighted by Gasteiger charge is 2.05. The molecule has 0 fully saturated rings. The van der Waals surface area contributed by atoms with Gasteiger partial charge >= 0.3 is 0 Å². The lowest BCUT2D eigenvalue weighted by atomic mass is 10.2. The Morgan fingerprint density at radius 1 is 1.40 bits per heavy atom. The number of fused-ring (bicyclic) bond motifs is 1. The number of hydrogen-bond acceptors (Lipinski definition) is 2. The Bertz CT molecular complexity index is 445. The van der Waals surface area contributed by atoms with Gasteiger partial charge in [-0.15, -0.1) is 0 Å². The molecule has 0 bridgehead atoms. The summed E-state index contributed by atoms with van der Waals surface area (Å²) < 4.78 is 0. The molecule has 15 heavy (non-hydrogen) atoms. The predicted octanol–water partition coefficient (Wildman–Crippen LogP) is 2.40. The number of H-pyrrole nitrogens is 1. The summed E-state index contributed by atoms with van der Waals surface area (Å²) in [4.78, 5) is 9.65. The molecule has 0 aliphatic heterocycles. The quantitative estimate of drug-likeness (QED) is 0.830. The Morgan fingerprint density at radius 2 is 2.20 bits per heavy atom. The van der Waals surface area contributed by atoms with Crippen LogP contribution in [-0.2, 0) is 6.54 Å². The van der Waals surface area contributed by atoms with E-state index in [9.17, 15) is 0 Å². The first-order valence-electron chi connectivity index (χ1n) is 5.29. The van der Waals surface area contributed by atoms with E-state index in [1.165, 1.54) is 5.56 Å². The van der Waals surface area contributed by atoms with E-state index in [2.05, 4.69) is 54.0 Å². The van der Waals surface area contributed by atoms with Crippen molar-refractivity contribution in [1.29, 1.82) is 0 Å². The van der Waals surface area contributed by atoms with Gasteiger partial charge in [0.15, 0.2) is 0 Å². The van der Waals surface area contributed by atoms with Gasteiger partial charge in [-0.25, -0.2) is 4.98 Å². The van der Waals surface area contributed by atoms with Crippen LogP contribution in [0.15, 0.2) is 24.5 Å². The molecule has 0 atom stereocenters. The predicted molar refractivity (Wildman–Crippen MR) is 62.7 cm³/mol. The zero-order valence-corrected chi connectivity index (χ0v) is 9.49. The molecule has 0 aliphatic carbocycles. The minimum Gasteiger partial charge on any atom is -0.345 e. The van der Waals surface area contributed by atoms with Crippen molar-refractivity contribution < 1.29 is 0 Å². The highest BCUT2D eigenvalue weighted by Crippen LogP contribution is 2.13. The van der Waals surface area contributed by atoms with Gasteiger partial charge in [0.2, 0.25) is 0 Å². The zero-order chi connectivity index (χ0) is 10.8. The molecular weight excluding hydrogens is 186 g/mol. The fourth-order valence-corrected chi connectivity index (χ4v) is 1.55. The monoisotopic (exact) mass is 203 g/mol. The van der Waals surface area contributed by atoms with Crippen molar-refractivity contribution in [2.75, 3.05) is 7.05 Å². The maximum atomic E-state index is 4.20. The summed E-state index contributed by atoms with van der Waals surface area (Å²) in [6, 6.07) is 6.95. The highest BCUT2D eigenvalue weighted by atomic mass is 15.1. The average molecular weight is 203 g/mol. The summed E-state index contributed by atoms with van der Waals surface area (Å²) in [5.41, 5.74) is 3.47. The zero-order valence-electron chi connectivity index (χ0n) is 9.49. The van der Waals surface area contributed by atoms with Crippen LogP contribution in [0, 0.1) is 0 Å². The number of aromatic amines is 1.